The molecule has 1 heterocycles. The van der Waals surface area contributed by atoms with Gasteiger partial charge in [-0.15, -0.1) is 0 Å². The first-order chi connectivity index (χ1) is 8.25. The smallest absolute Gasteiger partial charge is 0.249 e. The Balaban J connectivity index is 1.85. The van der Waals surface area contributed by atoms with Crippen LogP contribution in [0.15, 0.2) is 0 Å². The molecular formula is C11H19N5O. The van der Waals surface area contributed by atoms with E-state index in [0.29, 0.717) is 5.95 Å². The second-order valence-electron chi connectivity index (χ2n) is 4.70. The molecule has 0 aromatic carbocycles. The lowest BCUT2D eigenvalue weighted by atomic mass is 9.87. The van der Waals surface area contributed by atoms with E-state index in [2.05, 4.69) is 20.8 Å². The van der Waals surface area contributed by atoms with Gasteiger partial charge in [0, 0.05) is 13.5 Å². The van der Waals surface area contributed by atoms with Crippen LogP contribution in [0, 0.1) is 5.92 Å². The first-order valence-corrected chi connectivity index (χ1v) is 6.29. The minimum atomic E-state index is -0.140. The fourth-order valence-corrected chi connectivity index (χ4v) is 2.38. The fraction of sp³-hybridized carbons (Fsp3) is 0.818. The summed E-state index contributed by atoms with van der Waals surface area (Å²) in [7, 11) is 0. The number of carbonyl (C=O) groups excluding carboxylic acids is 1. The summed E-state index contributed by atoms with van der Waals surface area (Å²) >= 11 is 0. The Labute approximate surface area is 101 Å². The van der Waals surface area contributed by atoms with E-state index in [0.717, 1.165) is 18.9 Å². The topological polar surface area (TPSA) is 72.7 Å². The van der Waals surface area contributed by atoms with Crippen LogP contribution >= 0.6 is 0 Å². The molecule has 0 bridgehead atoms. The maximum Gasteiger partial charge on any atom is 0.249 e. The van der Waals surface area contributed by atoms with Gasteiger partial charge in [-0.05, 0) is 22.8 Å². The third-order valence-electron chi connectivity index (χ3n) is 3.29. The summed E-state index contributed by atoms with van der Waals surface area (Å²) in [5.74, 6) is 1.10. The van der Waals surface area contributed by atoms with Crippen LogP contribution in [0.1, 0.15) is 45.4 Å². The van der Waals surface area contributed by atoms with Gasteiger partial charge < -0.3 is 0 Å². The lowest BCUT2D eigenvalue weighted by Gasteiger charge is -2.21. The Morgan fingerprint density at radius 2 is 2.18 bits per heavy atom. The van der Waals surface area contributed by atoms with Gasteiger partial charge in [0.1, 0.15) is 0 Å². The predicted molar refractivity (Wildman–Crippen MR) is 63.3 cm³/mol. The van der Waals surface area contributed by atoms with Crippen LogP contribution in [0.25, 0.3) is 0 Å². The zero-order valence-corrected chi connectivity index (χ0v) is 10.2. The second-order valence-corrected chi connectivity index (χ2v) is 4.70. The van der Waals surface area contributed by atoms with Crippen molar-refractivity contribution in [3.8, 4) is 0 Å². The van der Waals surface area contributed by atoms with Gasteiger partial charge in [-0.25, -0.2) is 4.68 Å². The summed E-state index contributed by atoms with van der Waals surface area (Å²) < 4.78 is 1.68. The van der Waals surface area contributed by atoms with Crippen molar-refractivity contribution in [2.75, 3.05) is 5.32 Å². The van der Waals surface area contributed by atoms with Gasteiger partial charge in [-0.3, -0.25) is 10.1 Å². The Hall–Kier alpha value is -1.46. The lowest BCUT2D eigenvalue weighted by molar-refractivity contribution is -0.114. The Morgan fingerprint density at radius 3 is 2.88 bits per heavy atom. The molecule has 1 N–H and O–H groups in total. The van der Waals surface area contributed by atoms with Gasteiger partial charge in [0.25, 0.3) is 0 Å². The molecule has 1 saturated carbocycles. The third-order valence-corrected chi connectivity index (χ3v) is 3.29. The molecule has 1 aromatic heterocycles. The highest BCUT2D eigenvalue weighted by Crippen LogP contribution is 2.26. The molecule has 0 saturated heterocycles. The highest BCUT2D eigenvalue weighted by molar-refractivity contribution is 5.86. The Kier molecular flexibility index (Phi) is 4.06. The number of nitrogens with one attached hydrogen (secondary N) is 1. The van der Waals surface area contributed by atoms with Gasteiger partial charge in [-0.2, -0.15) is 0 Å². The molecule has 0 radical (unpaired) electrons. The van der Waals surface area contributed by atoms with Crippen LogP contribution in [0.5, 0.6) is 0 Å². The van der Waals surface area contributed by atoms with E-state index in [1.165, 1.54) is 39.0 Å². The van der Waals surface area contributed by atoms with E-state index < -0.39 is 0 Å². The van der Waals surface area contributed by atoms with E-state index in [1.54, 1.807) is 4.68 Å². The molecule has 17 heavy (non-hydrogen) atoms. The van der Waals surface area contributed by atoms with Gasteiger partial charge in [0.05, 0.1) is 0 Å². The number of hydrogen-bond donors (Lipinski definition) is 1. The van der Waals surface area contributed by atoms with Crippen LogP contribution in [0.4, 0.5) is 5.95 Å². The number of aromatic nitrogens is 4. The summed E-state index contributed by atoms with van der Waals surface area (Å²) in [6.07, 6.45) is 7.79. The SMILES string of the molecule is CC(=O)Nc1nnnn1CCC1CCCCC1. The number of amides is 1. The second kappa shape index (κ2) is 5.75. The molecule has 6 nitrogen and oxygen atoms in total. The van der Waals surface area contributed by atoms with Crippen molar-refractivity contribution in [2.45, 2.75) is 52.0 Å². The number of carbonyl (C=O) groups is 1. The molecule has 6 heteroatoms. The average molecular weight is 237 g/mol. The number of hydrogen-bond acceptors (Lipinski definition) is 4. The fourth-order valence-electron chi connectivity index (χ4n) is 2.38. The number of nitrogens with zero attached hydrogens (tertiary/aromatic N) is 4. The zero-order chi connectivity index (χ0) is 12.1. The maximum absolute atomic E-state index is 10.9. The largest absolute Gasteiger partial charge is 0.294 e. The first kappa shape index (κ1) is 12.0. The Bertz CT molecular complexity index is 370. The normalized spacial score (nSPS) is 17.0. The molecule has 1 fully saturated rings. The van der Waals surface area contributed by atoms with Gasteiger partial charge in [0.15, 0.2) is 0 Å². The van der Waals surface area contributed by atoms with Crippen molar-refractivity contribution in [3.63, 3.8) is 0 Å². The third kappa shape index (κ3) is 3.51. The molecule has 0 unspecified atom stereocenters. The summed E-state index contributed by atoms with van der Waals surface area (Å²) in [6.45, 7) is 2.24. The molecule has 0 aliphatic heterocycles. The van der Waals surface area contributed by atoms with Crippen LogP contribution in [0.2, 0.25) is 0 Å². The van der Waals surface area contributed by atoms with Crippen molar-refractivity contribution in [3.05, 3.63) is 0 Å². The van der Waals surface area contributed by atoms with Crippen molar-refractivity contribution in [1.29, 1.82) is 0 Å². The van der Waals surface area contributed by atoms with Gasteiger partial charge in [-0.1, -0.05) is 37.2 Å². The minimum Gasteiger partial charge on any atom is -0.294 e. The quantitative estimate of drug-likeness (QED) is 0.863. The molecule has 0 atom stereocenters. The standard InChI is InChI=1S/C11H19N5O/c1-9(17)12-11-13-14-15-16(11)8-7-10-5-3-2-4-6-10/h10H,2-8H2,1H3,(H,12,13,15,17). The molecule has 0 spiro atoms. The molecule has 2 rings (SSSR count). The van der Waals surface area contributed by atoms with Crippen molar-refractivity contribution in [1.82, 2.24) is 20.2 Å². The number of aryl methyl sites for hydroxylation is 1. The summed E-state index contributed by atoms with van der Waals surface area (Å²) in [5, 5.41) is 13.9. The van der Waals surface area contributed by atoms with E-state index >= 15 is 0 Å². The summed E-state index contributed by atoms with van der Waals surface area (Å²) in [5.41, 5.74) is 0. The highest BCUT2D eigenvalue weighted by Gasteiger charge is 2.15. The summed E-state index contributed by atoms with van der Waals surface area (Å²) in [4.78, 5) is 10.9. The van der Waals surface area contributed by atoms with Crippen LogP contribution in [0.3, 0.4) is 0 Å². The Morgan fingerprint density at radius 1 is 1.41 bits per heavy atom. The molecule has 1 aliphatic carbocycles. The first-order valence-electron chi connectivity index (χ1n) is 6.29. The molecule has 1 aromatic rings. The average Bonchev–Trinajstić information content (AvgIpc) is 2.74. The van der Waals surface area contributed by atoms with E-state index in [-0.39, 0.29) is 5.91 Å². The molecule has 1 aliphatic rings. The molecule has 1 amide bonds. The highest BCUT2D eigenvalue weighted by atomic mass is 16.1. The van der Waals surface area contributed by atoms with Crippen LogP contribution in [-0.2, 0) is 11.3 Å². The van der Waals surface area contributed by atoms with E-state index in [1.807, 2.05) is 0 Å². The van der Waals surface area contributed by atoms with Crippen molar-refractivity contribution < 1.29 is 4.79 Å². The minimum absolute atomic E-state index is 0.140. The molecular weight excluding hydrogens is 218 g/mol. The number of tetrazole rings is 1. The predicted octanol–water partition coefficient (Wildman–Crippen LogP) is 1.60. The zero-order valence-electron chi connectivity index (χ0n) is 10.2. The van der Waals surface area contributed by atoms with E-state index in [9.17, 15) is 4.79 Å². The van der Waals surface area contributed by atoms with Crippen molar-refractivity contribution in [2.24, 2.45) is 5.92 Å². The van der Waals surface area contributed by atoms with Crippen LogP contribution < -0.4 is 5.32 Å². The summed E-state index contributed by atoms with van der Waals surface area (Å²) in [6, 6.07) is 0. The van der Waals surface area contributed by atoms with Gasteiger partial charge >= 0.3 is 0 Å². The van der Waals surface area contributed by atoms with Gasteiger partial charge in [0.2, 0.25) is 11.9 Å². The van der Waals surface area contributed by atoms with E-state index in [4.69, 9.17) is 0 Å². The van der Waals surface area contributed by atoms with Crippen LogP contribution in [-0.4, -0.2) is 26.1 Å². The number of anilines is 1. The molecule has 94 valence electrons. The monoisotopic (exact) mass is 237 g/mol. The van der Waals surface area contributed by atoms with Crippen molar-refractivity contribution >= 4 is 11.9 Å². The lowest BCUT2D eigenvalue weighted by Crippen LogP contribution is -2.15. The number of rotatable bonds is 4. The maximum atomic E-state index is 10.9.